The number of allylic oxidation sites excluding steroid dienone is 4. The molecule has 1 aliphatic rings. The smallest absolute Gasteiger partial charge is 0.224 e. The standard InChI is InChI=1S/C19H14F4O2S/c1-26(24,25)14-8-5-12(6-9-14)15-3-2-4-16(15)13-7-10-17(18(20)11-13)19(21,22)23/h3-11H,2H2,1H3. The first kappa shape index (κ1) is 18.4. The Morgan fingerprint density at radius 3 is 1.92 bits per heavy atom. The van der Waals surface area contributed by atoms with Gasteiger partial charge in [-0.2, -0.15) is 13.2 Å². The topological polar surface area (TPSA) is 34.1 Å². The van der Waals surface area contributed by atoms with Crippen molar-refractivity contribution in [1.29, 1.82) is 0 Å². The summed E-state index contributed by atoms with van der Waals surface area (Å²) in [4.78, 5) is 0.172. The molecule has 0 aromatic heterocycles. The Morgan fingerprint density at radius 1 is 0.885 bits per heavy atom. The third-order valence-electron chi connectivity index (χ3n) is 4.11. The molecule has 0 spiro atoms. The lowest BCUT2D eigenvalue weighted by Crippen LogP contribution is -2.08. The molecule has 2 aromatic rings. The Balaban J connectivity index is 1.95. The largest absolute Gasteiger partial charge is 0.419 e. The molecule has 1 aliphatic carbocycles. The van der Waals surface area contributed by atoms with Gasteiger partial charge in [-0.3, -0.25) is 0 Å². The maximum atomic E-state index is 13.9. The van der Waals surface area contributed by atoms with Crippen LogP contribution in [0.4, 0.5) is 17.6 Å². The molecular weight excluding hydrogens is 368 g/mol. The monoisotopic (exact) mass is 382 g/mol. The van der Waals surface area contributed by atoms with E-state index in [9.17, 15) is 26.0 Å². The fourth-order valence-corrected chi connectivity index (χ4v) is 3.49. The molecule has 2 aromatic carbocycles. The van der Waals surface area contributed by atoms with Crippen molar-refractivity contribution >= 4 is 21.0 Å². The van der Waals surface area contributed by atoms with Gasteiger partial charge in [0.1, 0.15) is 5.82 Å². The summed E-state index contributed by atoms with van der Waals surface area (Å²) in [5.41, 5.74) is 1.09. The molecular formula is C19H14F4O2S. The molecule has 0 bridgehead atoms. The van der Waals surface area contributed by atoms with Crippen LogP contribution in [0.2, 0.25) is 0 Å². The highest BCUT2D eigenvalue weighted by Gasteiger charge is 2.34. The van der Waals surface area contributed by atoms with Gasteiger partial charge < -0.3 is 0 Å². The Kier molecular flexibility index (Phi) is 4.52. The van der Waals surface area contributed by atoms with Crippen LogP contribution in [0, 0.1) is 5.82 Å². The van der Waals surface area contributed by atoms with Crippen molar-refractivity contribution in [2.24, 2.45) is 0 Å². The van der Waals surface area contributed by atoms with Crippen molar-refractivity contribution in [3.05, 3.63) is 77.1 Å². The molecule has 0 saturated heterocycles. The van der Waals surface area contributed by atoms with Gasteiger partial charge in [0.2, 0.25) is 0 Å². The minimum atomic E-state index is -4.74. The summed E-state index contributed by atoms with van der Waals surface area (Å²) in [6.45, 7) is 0. The predicted octanol–water partition coefficient (Wildman–Crippen LogP) is 5.12. The fraction of sp³-hybridized carbons (Fsp3) is 0.158. The zero-order valence-corrected chi connectivity index (χ0v) is 14.5. The number of hydrogen-bond donors (Lipinski definition) is 0. The lowest BCUT2D eigenvalue weighted by Gasteiger charge is -2.13. The molecule has 0 aliphatic heterocycles. The van der Waals surface area contributed by atoms with Crippen molar-refractivity contribution < 1.29 is 26.0 Å². The number of rotatable bonds is 3. The zero-order valence-electron chi connectivity index (χ0n) is 13.6. The molecule has 0 heterocycles. The summed E-state index contributed by atoms with van der Waals surface area (Å²) in [6.07, 6.45) is 0.573. The zero-order chi connectivity index (χ0) is 19.1. The third-order valence-corrected chi connectivity index (χ3v) is 5.24. The van der Waals surface area contributed by atoms with Gasteiger partial charge in [-0.05, 0) is 53.0 Å². The number of benzene rings is 2. The highest BCUT2D eigenvalue weighted by Crippen LogP contribution is 2.39. The van der Waals surface area contributed by atoms with Gasteiger partial charge in [0.25, 0.3) is 0 Å². The SMILES string of the molecule is CS(=O)(=O)c1ccc(C2=CCC=C2c2ccc(C(F)(F)F)c(F)c2)cc1. The first-order chi connectivity index (χ1) is 12.1. The molecule has 26 heavy (non-hydrogen) atoms. The molecule has 136 valence electrons. The summed E-state index contributed by atoms with van der Waals surface area (Å²) in [6, 6.07) is 9.03. The predicted molar refractivity (Wildman–Crippen MR) is 91.5 cm³/mol. The Hall–Kier alpha value is -2.41. The molecule has 0 saturated carbocycles. The minimum Gasteiger partial charge on any atom is -0.224 e. The maximum absolute atomic E-state index is 13.9. The second-order valence-corrected chi connectivity index (χ2v) is 7.98. The van der Waals surface area contributed by atoms with E-state index in [0.29, 0.717) is 23.1 Å². The lowest BCUT2D eigenvalue weighted by atomic mass is 9.94. The molecule has 2 nitrogen and oxygen atoms in total. The number of halogens is 4. The van der Waals surface area contributed by atoms with Crippen molar-refractivity contribution in [2.75, 3.05) is 6.26 Å². The number of sulfone groups is 1. The second kappa shape index (κ2) is 6.39. The van der Waals surface area contributed by atoms with E-state index in [1.165, 1.54) is 18.2 Å². The summed E-state index contributed by atoms with van der Waals surface area (Å²) >= 11 is 0. The Bertz CT molecular complexity index is 1010. The number of hydrogen-bond acceptors (Lipinski definition) is 2. The van der Waals surface area contributed by atoms with Gasteiger partial charge >= 0.3 is 6.18 Å². The van der Waals surface area contributed by atoms with Crippen LogP contribution in [0.5, 0.6) is 0 Å². The maximum Gasteiger partial charge on any atom is 0.419 e. The highest BCUT2D eigenvalue weighted by atomic mass is 32.2. The lowest BCUT2D eigenvalue weighted by molar-refractivity contribution is -0.140. The van der Waals surface area contributed by atoms with E-state index < -0.39 is 27.4 Å². The van der Waals surface area contributed by atoms with E-state index in [0.717, 1.165) is 24.0 Å². The third kappa shape index (κ3) is 3.58. The van der Waals surface area contributed by atoms with Gasteiger partial charge in [0, 0.05) is 6.26 Å². The van der Waals surface area contributed by atoms with Crippen molar-refractivity contribution in [2.45, 2.75) is 17.5 Å². The normalized spacial score (nSPS) is 15.0. The van der Waals surface area contributed by atoms with Gasteiger partial charge in [-0.25, -0.2) is 12.8 Å². The van der Waals surface area contributed by atoms with Crippen LogP contribution in [-0.4, -0.2) is 14.7 Å². The van der Waals surface area contributed by atoms with Gasteiger partial charge in [0.15, 0.2) is 9.84 Å². The Labute approximate surface area is 148 Å². The molecule has 0 N–H and O–H groups in total. The molecule has 0 amide bonds. The van der Waals surface area contributed by atoms with Gasteiger partial charge in [0.05, 0.1) is 10.5 Å². The van der Waals surface area contributed by atoms with Crippen molar-refractivity contribution in [3.8, 4) is 0 Å². The van der Waals surface area contributed by atoms with Crippen LogP contribution in [0.15, 0.2) is 59.5 Å². The minimum absolute atomic E-state index is 0.172. The summed E-state index contributed by atoms with van der Waals surface area (Å²) < 4.78 is 75.1. The molecule has 0 unspecified atom stereocenters. The molecule has 0 radical (unpaired) electrons. The molecule has 0 fully saturated rings. The van der Waals surface area contributed by atoms with Crippen LogP contribution in [0.1, 0.15) is 23.1 Å². The van der Waals surface area contributed by atoms with Crippen LogP contribution in [0.25, 0.3) is 11.1 Å². The van der Waals surface area contributed by atoms with Crippen molar-refractivity contribution in [3.63, 3.8) is 0 Å². The van der Waals surface area contributed by atoms with E-state index in [-0.39, 0.29) is 4.90 Å². The van der Waals surface area contributed by atoms with Crippen LogP contribution in [-0.2, 0) is 16.0 Å². The van der Waals surface area contributed by atoms with Crippen LogP contribution in [0.3, 0.4) is 0 Å². The summed E-state index contributed by atoms with van der Waals surface area (Å²) in [5.74, 6) is -1.32. The van der Waals surface area contributed by atoms with E-state index in [1.54, 1.807) is 18.2 Å². The van der Waals surface area contributed by atoms with Crippen LogP contribution >= 0.6 is 0 Å². The van der Waals surface area contributed by atoms with E-state index in [4.69, 9.17) is 0 Å². The molecule has 3 rings (SSSR count). The van der Waals surface area contributed by atoms with Crippen LogP contribution < -0.4 is 0 Å². The summed E-state index contributed by atoms with van der Waals surface area (Å²) in [5, 5.41) is 0. The quantitative estimate of drug-likeness (QED) is 0.691. The number of alkyl halides is 3. The first-order valence-electron chi connectivity index (χ1n) is 7.65. The van der Waals surface area contributed by atoms with E-state index in [1.807, 2.05) is 6.08 Å². The van der Waals surface area contributed by atoms with Crippen molar-refractivity contribution in [1.82, 2.24) is 0 Å². The average molecular weight is 382 g/mol. The second-order valence-electron chi connectivity index (χ2n) is 5.96. The molecule has 0 atom stereocenters. The fourth-order valence-electron chi connectivity index (χ4n) is 2.86. The summed E-state index contributed by atoms with van der Waals surface area (Å²) in [7, 11) is -3.32. The first-order valence-corrected chi connectivity index (χ1v) is 9.55. The average Bonchev–Trinajstić information content (AvgIpc) is 3.02. The molecule has 7 heteroatoms. The van der Waals surface area contributed by atoms with E-state index >= 15 is 0 Å². The highest BCUT2D eigenvalue weighted by molar-refractivity contribution is 7.90. The van der Waals surface area contributed by atoms with Gasteiger partial charge in [-0.15, -0.1) is 0 Å². The van der Waals surface area contributed by atoms with E-state index in [2.05, 4.69) is 0 Å². The van der Waals surface area contributed by atoms with Gasteiger partial charge in [-0.1, -0.05) is 30.4 Å². The Morgan fingerprint density at radius 2 is 1.42 bits per heavy atom.